The molecule has 0 fully saturated rings. The van der Waals surface area contributed by atoms with Crippen molar-refractivity contribution >= 4 is 28.6 Å². The molecule has 158 valence electrons. The standard InChI is InChI=1S/C24H29N3O2S/c1-5-26(6-2)21(28)15-10-16-30-24-25-20-14-8-7-13-19(20)23(29)27(24)22-17(3)11-9-12-18(22)4/h7-9,11-14H,5-6,10,15-16H2,1-4H3. The van der Waals surface area contributed by atoms with Crippen LogP contribution < -0.4 is 5.56 Å². The van der Waals surface area contributed by atoms with Crippen LogP contribution in [0.4, 0.5) is 0 Å². The van der Waals surface area contributed by atoms with Crippen molar-refractivity contribution in [1.29, 1.82) is 0 Å². The molecule has 0 aliphatic heterocycles. The minimum Gasteiger partial charge on any atom is -0.343 e. The molecule has 0 N–H and O–H groups in total. The molecule has 0 saturated carbocycles. The fraction of sp³-hybridized carbons (Fsp3) is 0.375. The van der Waals surface area contributed by atoms with E-state index in [4.69, 9.17) is 4.98 Å². The summed E-state index contributed by atoms with van der Waals surface area (Å²) in [5.74, 6) is 0.905. The minimum atomic E-state index is -0.0558. The highest BCUT2D eigenvalue weighted by atomic mass is 32.2. The normalized spacial score (nSPS) is 11.1. The maximum absolute atomic E-state index is 13.4. The first-order valence-corrected chi connectivity index (χ1v) is 11.4. The Hall–Kier alpha value is -2.60. The van der Waals surface area contributed by atoms with Crippen LogP contribution in [-0.4, -0.2) is 39.2 Å². The third-order valence-electron chi connectivity index (χ3n) is 5.29. The molecule has 3 rings (SSSR count). The maximum Gasteiger partial charge on any atom is 0.266 e. The monoisotopic (exact) mass is 423 g/mol. The van der Waals surface area contributed by atoms with E-state index in [-0.39, 0.29) is 11.5 Å². The number of thioether (sulfide) groups is 1. The average molecular weight is 424 g/mol. The van der Waals surface area contributed by atoms with Gasteiger partial charge in [0.1, 0.15) is 0 Å². The number of benzene rings is 2. The Morgan fingerprint density at radius 2 is 1.70 bits per heavy atom. The third-order valence-corrected chi connectivity index (χ3v) is 6.32. The van der Waals surface area contributed by atoms with Crippen molar-refractivity contribution in [3.63, 3.8) is 0 Å². The lowest BCUT2D eigenvalue weighted by Gasteiger charge is -2.19. The van der Waals surface area contributed by atoms with E-state index >= 15 is 0 Å². The predicted octanol–water partition coefficient (Wildman–Crippen LogP) is 4.74. The molecule has 0 aliphatic carbocycles. The molecule has 0 unspecified atom stereocenters. The first kappa shape index (κ1) is 22.1. The first-order valence-electron chi connectivity index (χ1n) is 10.5. The summed E-state index contributed by atoms with van der Waals surface area (Å²) in [5, 5.41) is 1.28. The number of aryl methyl sites for hydroxylation is 2. The number of hydrogen-bond acceptors (Lipinski definition) is 4. The number of hydrogen-bond donors (Lipinski definition) is 0. The Morgan fingerprint density at radius 3 is 2.37 bits per heavy atom. The summed E-state index contributed by atoms with van der Waals surface area (Å²) < 4.78 is 1.74. The van der Waals surface area contributed by atoms with Crippen molar-refractivity contribution in [1.82, 2.24) is 14.5 Å². The van der Waals surface area contributed by atoms with Crippen molar-refractivity contribution in [2.45, 2.75) is 45.7 Å². The van der Waals surface area contributed by atoms with E-state index in [0.29, 0.717) is 22.5 Å². The van der Waals surface area contributed by atoms with Crippen LogP contribution >= 0.6 is 11.8 Å². The molecule has 1 amide bonds. The number of nitrogens with zero attached hydrogens (tertiary/aromatic N) is 3. The van der Waals surface area contributed by atoms with Crippen molar-refractivity contribution in [3.8, 4) is 5.69 Å². The van der Waals surface area contributed by atoms with Gasteiger partial charge in [-0.1, -0.05) is 42.1 Å². The summed E-state index contributed by atoms with van der Waals surface area (Å²) in [5.41, 5.74) is 3.61. The summed E-state index contributed by atoms with van der Waals surface area (Å²) in [6, 6.07) is 13.5. The second-order valence-corrected chi connectivity index (χ2v) is 8.37. The van der Waals surface area contributed by atoms with Crippen LogP contribution in [0.2, 0.25) is 0 Å². The lowest BCUT2D eigenvalue weighted by Crippen LogP contribution is -2.30. The molecule has 0 saturated heterocycles. The molecule has 0 atom stereocenters. The lowest BCUT2D eigenvalue weighted by molar-refractivity contribution is -0.130. The Bertz CT molecular complexity index is 1080. The zero-order valence-electron chi connectivity index (χ0n) is 18.1. The van der Waals surface area contributed by atoms with Crippen molar-refractivity contribution in [3.05, 3.63) is 63.9 Å². The van der Waals surface area contributed by atoms with E-state index in [1.54, 1.807) is 4.57 Å². The first-order chi connectivity index (χ1) is 14.5. The van der Waals surface area contributed by atoms with Crippen LogP contribution in [0.25, 0.3) is 16.6 Å². The molecule has 2 aromatic carbocycles. The molecule has 5 nitrogen and oxygen atoms in total. The van der Waals surface area contributed by atoms with Gasteiger partial charge in [0.05, 0.1) is 16.6 Å². The van der Waals surface area contributed by atoms with Crippen LogP contribution in [0.3, 0.4) is 0 Å². The molecular weight excluding hydrogens is 394 g/mol. The quantitative estimate of drug-likeness (QED) is 0.298. The van der Waals surface area contributed by atoms with Crippen molar-refractivity contribution in [2.24, 2.45) is 0 Å². The van der Waals surface area contributed by atoms with Crippen LogP contribution in [-0.2, 0) is 4.79 Å². The van der Waals surface area contributed by atoms with Crippen LogP contribution in [0.5, 0.6) is 0 Å². The van der Waals surface area contributed by atoms with Crippen LogP contribution in [0, 0.1) is 13.8 Å². The highest BCUT2D eigenvalue weighted by Gasteiger charge is 2.17. The number of carbonyl (C=O) groups is 1. The van der Waals surface area contributed by atoms with E-state index < -0.39 is 0 Å². The molecule has 1 aromatic heterocycles. The number of para-hydroxylation sites is 2. The fourth-order valence-electron chi connectivity index (χ4n) is 3.69. The molecule has 0 bridgehead atoms. The van der Waals surface area contributed by atoms with Gasteiger partial charge >= 0.3 is 0 Å². The lowest BCUT2D eigenvalue weighted by atomic mass is 10.1. The van der Waals surface area contributed by atoms with Gasteiger partial charge in [-0.25, -0.2) is 4.98 Å². The van der Waals surface area contributed by atoms with E-state index in [9.17, 15) is 9.59 Å². The average Bonchev–Trinajstić information content (AvgIpc) is 2.74. The van der Waals surface area contributed by atoms with Crippen LogP contribution in [0.1, 0.15) is 37.8 Å². The number of rotatable bonds is 8. The molecular formula is C24H29N3O2S. The zero-order chi connectivity index (χ0) is 21.7. The highest BCUT2D eigenvalue weighted by Crippen LogP contribution is 2.26. The van der Waals surface area contributed by atoms with Gasteiger partial charge in [0.15, 0.2) is 5.16 Å². The number of carbonyl (C=O) groups excluding carboxylic acids is 1. The van der Waals surface area contributed by atoms with Gasteiger partial charge in [-0.15, -0.1) is 0 Å². The summed E-state index contributed by atoms with van der Waals surface area (Å²) >= 11 is 1.54. The van der Waals surface area contributed by atoms with E-state index in [0.717, 1.165) is 42.1 Å². The Morgan fingerprint density at radius 1 is 1.03 bits per heavy atom. The van der Waals surface area contributed by atoms with Gasteiger partial charge in [0.2, 0.25) is 5.91 Å². The number of fused-ring (bicyclic) bond motifs is 1. The Balaban J connectivity index is 1.94. The van der Waals surface area contributed by atoms with Gasteiger partial charge in [-0.2, -0.15) is 0 Å². The second-order valence-electron chi connectivity index (χ2n) is 7.31. The molecule has 0 radical (unpaired) electrons. The molecule has 0 aliphatic rings. The van der Waals surface area contributed by atoms with E-state index in [2.05, 4.69) is 0 Å². The molecule has 1 heterocycles. The topological polar surface area (TPSA) is 55.2 Å². The number of amides is 1. The van der Waals surface area contributed by atoms with Gasteiger partial charge in [-0.3, -0.25) is 14.2 Å². The van der Waals surface area contributed by atoms with Crippen molar-refractivity contribution < 1.29 is 4.79 Å². The SMILES string of the molecule is CCN(CC)C(=O)CCCSc1nc2ccccc2c(=O)n1-c1c(C)cccc1C. The summed E-state index contributed by atoms with van der Waals surface area (Å²) in [6.07, 6.45) is 1.26. The van der Waals surface area contributed by atoms with Gasteiger partial charge in [0.25, 0.3) is 5.56 Å². The van der Waals surface area contributed by atoms with Gasteiger partial charge in [-0.05, 0) is 57.4 Å². The summed E-state index contributed by atoms with van der Waals surface area (Å²) in [7, 11) is 0. The Kier molecular flexibility index (Phi) is 7.32. The maximum atomic E-state index is 13.4. The Labute approximate surface area is 182 Å². The van der Waals surface area contributed by atoms with Crippen LogP contribution in [0.15, 0.2) is 52.4 Å². The summed E-state index contributed by atoms with van der Waals surface area (Å²) in [6.45, 7) is 9.50. The minimum absolute atomic E-state index is 0.0558. The predicted molar refractivity (Wildman–Crippen MR) is 125 cm³/mol. The van der Waals surface area contributed by atoms with E-state index in [1.165, 1.54) is 11.8 Å². The molecule has 30 heavy (non-hydrogen) atoms. The smallest absolute Gasteiger partial charge is 0.266 e. The highest BCUT2D eigenvalue weighted by molar-refractivity contribution is 7.99. The fourth-order valence-corrected chi connectivity index (χ4v) is 4.62. The largest absolute Gasteiger partial charge is 0.343 e. The van der Waals surface area contributed by atoms with Gasteiger partial charge in [0, 0.05) is 25.3 Å². The zero-order valence-corrected chi connectivity index (χ0v) is 19.0. The molecule has 6 heteroatoms. The molecule has 3 aromatic rings. The van der Waals surface area contributed by atoms with Crippen molar-refractivity contribution in [2.75, 3.05) is 18.8 Å². The molecule has 0 spiro atoms. The summed E-state index contributed by atoms with van der Waals surface area (Å²) in [4.78, 5) is 32.3. The van der Waals surface area contributed by atoms with E-state index in [1.807, 2.05) is 75.1 Å². The van der Waals surface area contributed by atoms with Gasteiger partial charge < -0.3 is 4.90 Å². The number of aromatic nitrogens is 2. The second kappa shape index (κ2) is 9.94. The third kappa shape index (κ3) is 4.59.